The van der Waals surface area contributed by atoms with Crippen LogP contribution in [0, 0.1) is 0 Å². The normalized spacial score (nSPS) is 23.4. The summed E-state index contributed by atoms with van der Waals surface area (Å²) in [5.41, 5.74) is 5.35. The summed E-state index contributed by atoms with van der Waals surface area (Å²) in [6, 6.07) is 7.96. The molecule has 1 aliphatic heterocycles. The summed E-state index contributed by atoms with van der Waals surface area (Å²) in [4.78, 5) is 17.3. The fourth-order valence-corrected chi connectivity index (χ4v) is 5.08. The van der Waals surface area contributed by atoms with E-state index in [9.17, 15) is 18.7 Å². The predicted molar refractivity (Wildman–Crippen MR) is 128 cm³/mol. The molecule has 6 nitrogen and oxygen atoms in total. The summed E-state index contributed by atoms with van der Waals surface area (Å²) >= 11 is 0. The molecule has 0 saturated carbocycles. The number of anilines is 2. The molecule has 1 unspecified atom stereocenters. The van der Waals surface area contributed by atoms with Gasteiger partial charge in [-0.25, -0.2) is 13.6 Å². The predicted octanol–water partition coefficient (Wildman–Crippen LogP) is 4.89. The van der Waals surface area contributed by atoms with Gasteiger partial charge in [0.15, 0.2) is 0 Å². The molecule has 0 radical (unpaired) electrons. The summed E-state index contributed by atoms with van der Waals surface area (Å²) in [5.74, 6) is -3.21. The van der Waals surface area contributed by atoms with Crippen molar-refractivity contribution in [1.82, 2.24) is 9.88 Å². The number of nitrogens with zero attached hydrogens (tertiary/aromatic N) is 2. The van der Waals surface area contributed by atoms with Crippen molar-refractivity contribution in [1.29, 1.82) is 0 Å². The summed E-state index contributed by atoms with van der Waals surface area (Å²) in [5, 5.41) is 16.1. The maximum absolute atomic E-state index is 13.1. The van der Waals surface area contributed by atoms with Gasteiger partial charge in [0.1, 0.15) is 0 Å². The minimum Gasteiger partial charge on any atom is -0.478 e. The minimum atomic E-state index is -2.54. The number of aromatic nitrogens is 1. The Kier molecular flexibility index (Phi) is 6.08. The maximum atomic E-state index is 13.1. The molecule has 1 fully saturated rings. The third-order valence-corrected chi connectivity index (χ3v) is 6.88. The number of carbonyl (C=O) groups is 1. The Morgan fingerprint density at radius 1 is 1.26 bits per heavy atom. The van der Waals surface area contributed by atoms with Crippen molar-refractivity contribution < 1.29 is 18.7 Å². The quantitative estimate of drug-likeness (QED) is 0.540. The van der Waals surface area contributed by atoms with Gasteiger partial charge in [-0.2, -0.15) is 0 Å². The summed E-state index contributed by atoms with van der Waals surface area (Å²) in [7, 11) is 0. The molecule has 1 aromatic carbocycles. The smallest absolute Gasteiger partial charge is 0.337 e. The van der Waals surface area contributed by atoms with Gasteiger partial charge in [-0.05, 0) is 61.1 Å². The van der Waals surface area contributed by atoms with Gasteiger partial charge in [0, 0.05) is 36.1 Å². The monoisotopic (exact) mass is 466 g/mol. The number of carboxylic acid groups (broad SMARTS) is 1. The Morgan fingerprint density at radius 2 is 2.12 bits per heavy atom. The number of hydrogen-bond donors (Lipinski definition) is 3. The first-order valence-electron chi connectivity index (χ1n) is 11.7. The number of pyridine rings is 1. The number of alkyl halides is 2. The van der Waals surface area contributed by atoms with Crippen LogP contribution in [0.4, 0.5) is 20.2 Å². The molecule has 3 N–H and O–H groups in total. The number of aryl methyl sites for hydroxylation is 1. The first kappa shape index (κ1) is 22.5. The van der Waals surface area contributed by atoms with Crippen molar-refractivity contribution in [2.75, 3.05) is 30.3 Å². The van der Waals surface area contributed by atoms with E-state index in [0.29, 0.717) is 18.2 Å². The molecule has 3 aliphatic rings. The number of benzene rings is 1. The second-order valence-corrected chi connectivity index (χ2v) is 9.32. The number of aromatic carboxylic acids is 1. The number of rotatable bonds is 7. The zero-order chi connectivity index (χ0) is 23.7. The molecule has 5 rings (SSSR count). The topological polar surface area (TPSA) is 77.5 Å². The highest BCUT2D eigenvalue weighted by Gasteiger charge is 2.46. The Bertz CT molecular complexity index is 1140. The maximum Gasteiger partial charge on any atom is 0.337 e. The molecular formula is C26H28F2N4O2. The van der Waals surface area contributed by atoms with Crippen LogP contribution in [0.2, 0.25) is 0 Å². The van der Waals surface area contributed by atoms with Crippen molar-refractivity contribution in [3.8, 4) is 0 Å². The molecule has 8 heteroatoms. The van der Waals surface area contributed by atoms with Crippen LogP contribution in [0.3, 0.4) is 0 Å². The van der Waals surface area contributed by atoms with E-state index in [0.717, 1.165) is 37.1 Å². The van der Waals surface area contributed by atoms with E-state index in [4.69, 9.17) is 0 Å². The fraction of sp³-hybridized carbons (Fsp3) is 0.385. The molecule has 34 heavy (non-hydrogen) atoms. The van der Waals surface area contributed by atoms with E-state index in [-0.39, 0.29) is 24.7 Å². The number of fused-ring (bicyclic) bond motifs is 1. The first-order chi connectivity index (χ1) is 16.4. The largest absolute Gasteiger partial charge is 0.478 e. The van der Waals surface area contributed by atoms with Gasteiger partial charge in [0.05, 0.1) is 30.5 Å². The lowest BCUT2D eigenvalue weighted by atomic mass is 9.82. The number of likely N-dealkylation sites (tertiary alicyclic amines) is 1. The van der Waals surface area contributed by atoms with E-state index in [1.807, 2.05) is 17.1 Å². The van der Waals surface area contributed by atoms with Crippen molar-refractivity contribution in [2.24, 2.45) is 0 Å². The molecular weight excluding hydrogens is 438 g/mol. The third-order valence-electron chi connectivity index (χ3n) is 6.88. The van der Waals surface area contributed by atoms with E-state index >= 15 is 0 Å². The van der Waals surface area contributed by atoms with Crippen LogP contribution in [0.1, 0.15) is 46.7 Å². The second-order valence-electron chi connectivity index (χ2n) is 9.32. The van der Waals surface area contributed by atoms with Crippen LogP contribution < -0.4 is 10.6 Å². The molecule has 2 atom stereocenters. The Morgan fingerprint density at radius 3 is 2.85 bits per heavy atom. The SMILES string of the molecule is O=C(O)c1ccncc1NC[C@@H]1CCCc2cc(NC3=CCC(N4CC(F)(F)C4)C=C3)ccc21. The van der Waals surface area contributed by atoms with Crippen LogP contribution in [0.25, 0.3) is 0 Å². The van der Waals surface area contributed by atoms with Gasteiger partial charge in [0.25, 0.3) is 5.92 Å². The molecule has 2 aliphatic carbocycles. The van der Waals surface area contributed by atoms with Crippen molar-refractivity contribution >= 4 is 17.3 Å². The molecule has 2 aromatic rings. The molecule has 1 aromatic heterocycles. The van der Waals surface area contributed by atoms with Crippen molar-refractivity contribution in [3.63, 3.8) is 0 Å². The second kappa shape index (κ2) is 9.18. The Balaban J connectivity index is 1.21. The molecule has 178 valence electrons. The average molecular weight is 467 g/mol. The van der Waals surface area contributed by atoms with E-state index in [1.165, 1.54) is 23.4 Å². The van der Waals surface area contributed by atoms with Crippen LogP contribution >= 0.6 is 0 Å². The van der Waals surface area contributed by atoms with Gasteiger partial charge >= 0.3 is 5.97 Å². The standard InChI is InChI=1S/C26H28F2N4O2/c27-26(28)15-32(16-26)21-7-4-19(5-8-21)31-20-6-9-22-17(12-20)2-1-3-18(22)13-30-24-14-29-11-10-23(24)25(33)34/h4-7,9-12,14,18,21,30-31H,1-3,8,13,15-16H2,(H,33,34)/t18-,21?/m0/s1. The molecule has 2 heterocycles. The number of carboxylic acids is 1. The lowest BCUT2D eigenvalue weighted by Gasteiger charge is -2.43. The summed E-state index contributed by atoms with van der Waals surface area (Å²) in [6.07, 6.45) is 12.9. The fourth-order valence-electron chi connectivity index (χ4n) is 5.08. The van der Waals surface area contributed by atoms with Crippen LogP contribution in [-0.4, -0.2) is 52.6 Å². The zero-order valence-corrected chi connectivity index (χ0v) is 18.8. The van der Waals surface area contributed by atoms with Gasteiger partial charge < -0.3 is 15.7 Å². The van der Waals surface area contributed by atoms with Crippen LogP contribution in [-0.2, 0) is 6.42 Å². The minimum absolute atomic E-state index is 0.0448. The van der Waals surface area contributed by atoms with Crippen LogP contribution in [0.15, 0.2) is 60.6 Å². The van der Waals surface area contributed by atoms with E-state index < -0.39 is 11.9 Å². The van der Waals surface area contributed by atoms with Gasteiger partial charge in [-0.1, -0.05) is 18.2 Å². The molecule has 1 saturated heterocycles. The lowest BCUT2D eigenvalue weighted by Crippen LogP contribution is -2.59. The number of hydrogen-bond acceptors (Lipinski definition) is 5. The highest BCUT2D eigenvalue weighted by atomic mass is 19.3. The lowest BCUT2D eigenvalue weighted by molar-refractivity contribution is -0.139. The third kappa shape index (κ3) is 4.82. The summed E-state index contributed by atoms with van der Waals surface area (Å²) < 4.78 is 26.3. The van der Waals surface area contributed by atoms with Crippen molar-refractivity contribution in [2.45, 2.75) is 43.6 Å². The van der Waals surface area contributed by atoms with E-state index in [1.54, 1.807) is 6.20 Å². The van der Waals surface area contributed by atoms with Gasteiger partial charge in [-0.15, -0.1) is 0 Å². The molecule has 0 spiro atoms. The average Bonchev–Trinajstić information content (AvgIpc) is 2.81. The van der Waals surface area contributed by atoms with Crippen molar-refractivity contribution in [3.05, 3.63) is 77.3 Å². The molecule has 0 bridgehead atoms. The first-order valence-corrected chi connectivity index (χ1v) is 11.7. The van der Waals surface area contributed by atoms with Gasteiger partial charge in [0.2, 0.25) is 0 Å². The van der Waals surface area contributed by atoms with Gasteiger partial charge in [-0.3, -0.25) is 9.88 Å². The molecule has 0 amide bonds. The Hall–Kier alpha value is -3.26. The highest BCUT2D eigenvalue weighted by Crippen LogP contribution is 2.35. The number of halogens is 2. The summed E-state index contributed by atoms with van der Waals surface area (Å²) in [6.45, 7) is 0.340. The number of allylic oxidation sites excluding steroid dienone is 1. The number of nitrogens with one attached hydrogen (secondary N) is 2. The zero-order valence-electron chi connectivity index (χ0n) is 18.8. The van der Waals surface area contributed by atoms with Crippen LogP contribution in [0.5, 0.6) is 0 Å². The Labute approximate surface area is 197 Å². The van der Waals surface area contributed by atoms with E-state index in [2.05, 4.69) is 39.9 Å². The highest BCUT2D eigenvalue weighted by molar-refractivity contribution is 5.93.